The number of rotatable bonds is 4. The molecular weight excluding hydrogens is 264 g/mol. The summed E-state index contributed by atoms with van der Waals surface area (Å²) in [4.78, 5) is 12.3. The van der Waals surface area contributed by atoms with Crippen LogP contribution in [0, 0.1) is 13.8 Å². The van der Waals surface area contributed by atoms with Crippen molar-refractivity contribution in [3.63, 3.8) is 0 Å². The molecule has 0 heterocycles. The zero-order valence-corrected chi connectivity index (χ0v) is 12.6. The van der Waals surface area contributed by atoms with Gasteiger partial charge in [0.2, 0.25) is 0 Å². The topological polar surface area (TPSA) is 64.3 Å². The van der Waals surface area contributed by atoms with Crippen molar-refractivity contribution in [2.24, 2.45) is 0 Å². The van der Waals surface area contributed by atoms with Crippen molar-refractivity contribution in [3.05, 3.63) is 58.7 Å². The summed E-state index contributed by atoms with van der Waals surface area (Å²) in [5.74, 6) is 0.617. The lowest BCUT2D eigenvalue weighted by Crippen LogP contribution is -2.24. The quantitative estimate of drug-likeness (QED) is 0.849. The highest BCUT2D eigenvalue weighted by Crippen LogP contribution is 2.21. The van der Waals surface area contributed by atoms with E-state index < -0.39 is 0 Å². The molecule has 0 aliphatic carbocycles. The van der Waals surface area contributed by atoms with Gasteiger partial charge in [0, 0.05) is 23.4 Å². The van der Waals surface area contributed by atoms with Crippen molar-refractivity contribution in [2.75, 3.05) is 12.8 Å². The molecule has 0 unspecified atom stereocenters. The normalized spacial score (nSPS) is 10.2. The third-order valence-electron chi connectivity index (χ3n) is 3.59. The number of anilines is 1. The fourth-order valence-electron chi connectivity index (χ4n) is 2.20. The number of aryl methyl sites for hydroxylation is 1. The standard InChI is InChI=1S/C17H20N2O2/c1-11-5-4-6-15(12(11)2)17(20)19-10-13-9-14(18)7-8-16(13)21-3/h4-9H,10,18H2,1-3H3,(H,19,20). The zero-order valence-electron chi connectivity index (χ0n) is 12.6. The predicted molar refractivity (Wildman–Crippen MR) is 84.5 cm³/mol. The molecule has 0 radical (unpaired) electrons. The van der Waals surface area contributed by atoms with Gasteiger partial charge in [-0.15, -0.1) is 0 Å². The van der Waals surface area contributed by atoms with Gasteiger partial charge < -0.3 is 15.8 Å². The second-order valence-electron chi connectivity index (χ2n) is 5.00. The second kappa shape index (κ2) is 6.31. The number of benzene rings is 2. The number of hydrogen-bond donors (Lipinski definition) is 2. The van der Waals surface area contributed by atoms with Crippen LogP contribution in [0.25, 0.3) is 0 Å². The van der Waals surface area contributed by atoms with Gasteiger partial charge in [-0.2, -0.15) is 0 Å². The average Bonchev–Trinajstić information content (AvgIpc) is 2.47. The second-order valence-corrected chi connectivity index (χ2v) is 5.00. The maximum absolute atomic E-state index is 12.3. The Labute approximate surface area is 124 Å². The molecule has 0 aromatic heterocycles. The molecule has 0 aliphatic heterocycles. The Bertz CT molecular complexity index is 666. The number of hydrogen-bond acceptors (Lipinski definition) is 3. The maximum Gasteiger partial charge on any atom is 0.251 e. The van der Waals surface area contributed by atoms with E-state index >= 15 is 0 Å². The summed E-state index contributed by atoms with van der Waals surface area (Å²) in [6.07, 6.45) is 0. The third kappa shape index (κ3) is 3.34. The van der Waals surface area contributed by atoms with Gasteiger partial charge in [-0.1, -0.05) is 12.1 Å². The maximum atomic E-state index is 12.3. The largest absolute Gasteiger partial charge is 0.496 e. The number of ether oxygens (including phenoxy) is 1. The van der Waals surface area contributed by atoms with E-state index in [1.165, 1.54) is 0 Å². The highest BCUT2D eigenvalue weighted by Gasteiger charge is 2.11. The zero-order chi connectivity index (χ0) is 15.4. The van der Waals surface area contributed by atoms with E-state index in [1.807, 2.05) is 38.1 Å². The van der Waals surface area contributed by atoms with Crippen molar-refractivity contribution >= 4 is 11.6 Å². The molecule has 2 aromatic carbocycles. The van der Waals surface area contributed by atoms with Crippen molar-refractivity contribution in [3.8, 4) is 5.75 Å². The molecule has 0 atom stereocenters. The number of carbonyl (C=O) groups excluding carboxylic acids is 1. The molecule has 0 spiro atoms. The lowest BCUT2D eigenvalue weighted by Gasteiger charge is -2.12. The van der Waals surface area contributed by atoms with Crippen molar-refractivity contribution in [1.82, 2.24) is 5.32 Å². The third-order valence-corrected chi connectivity index (χ3v) is 3.59. The van der Waals surface area contributed by atoms with Crippen LogP contribution in [-0.4, -0.2) is 13.0 Å². The number of methoxy groups -OCH3 is 1. The van der Waals surface area contributed by atoms with Crippen LogP contribution < -0.4 is 15.8 Å². The van der Waals surface area contributed by atoms with E-state index in [1.54, 1.807) is 19.2 Å². The first-order chi connectivity index (χ1) is 10.0. The molecule has 0 fully saturated rings. The van der Waals surface area contributed by atoms with Crippen LogP contribution in [0.1, 0.15) is 27.0 Å². The Kier molecular flexibility index (Phi) is 4.48. The first-order valence-electron chi connectivity index (χ1n) is 6.79. The Morgan fingerprint density at radius 2 is 2.00 bits per heavy atom. The Hall–Kier alpha value is -2.49. The molecule has 4 heteroatoms. The number of nitrogen functional groups attached to an aromatic ring is 1. The molecule has 3 N–H and O–H groups in total. The number of amides is 1. The van der Waals surface area contributed by atoms with E-state index in [0.717, 1.165) is 16.7 Å². The van der Waals surface area contributed by atoms with Gasteiger partial charge in [0.25, 0.3) is 5.91 Å². The lowest BCUT2D eigenvalue weighted by molar-refractivity contribution is 0.0950. The molecule has 4 nitrogen and oxygen atoms in total. The van der Waals surface area contributed by atoms with Crippen LogP contribution in [0.4, 0.5) is 5.69 Å². The number of nitrogens with two attached hydrogens (primary N) is 1. The van der Waals surface area contributed by atoms with Gasteiger partial charge in [-0.25, -0.2) is 0 Å². The van der Waals surface area contributed by atoms with Crippen LogP contribution >= 0.6 is 0 Å². The summed E-state index contributed by atoms with van der Waals surface area (Å²) >= 11 is 0. The van der Waals surface area contributed by atoms with Crippen molar-refractivity contribution in [2.45, 2.75) is 20.4 Å². The fourth-order valence-corrected chi connectivity index (χ4v) is 2.20. The van der Waals surface area contributed by atoms with Gasteiger partial charge in [-0.05, 0) is 49.2 Å². The number of nitrogens with one attached hydrogen (secondary N) is 1. The minimum Gasteiger partial charge on any atom is -0.496 e. The van der Waals surface area contributed by atoms with Crippen LogP contribution in [-0.2, 0) is 6.54 Å². The molecule has 21 heavy (non-hydrogen) atoms. The minimum absolute atomic E-state index is 0.0966. The van der Waals surface area contributed by atoms with Gasteiger partial charge in [0.1, 0.15) is 5.75 Å². The Morgan fingerprint density at radius 3 is 2.71 bits per heavy atom. The first kappa shape index (κ1) is 14.9. The van der Waals surface area contributed by atoms with Crippen molar-refractivity contribution in [1.29, 1.82) is 0 Å². The van der Waals surface area contributed by atoms with Gasteiger partial charge >= 0.3 is 0 Å². The summed E-state index contributed by atoms with van der Waals surface area (Å²) in [6, 6.07) is 11.1. The molecule has 110 valence electrons. The monoisotopic (exact) mass is 284 g/mol. The highest BCUT2D eigenvalue weighted by molar-refractivity contribution is 5.95. The van der Waals surface area contributed by atoms with Gasteiger partial charge in [-0.3, -0.25) is 4.79 Å². The SMILES string of the molecule is COc1ccc(N)cc1CNC(=O)c1cccc(C)c1C. The molecular formula is C17H20N2O2. The van der Waals surface area contributed by atoms with Crippen LogP contribution in [0.5, 0.6) is 5.75 Å². The van der Waals surface area contributed by atoms with Gasteiger partial charge in [0.05, 0.1) is 7.11 Å². The summed E-state index contributed by atoms with van der Waals surface area (Å²) in [7, 11) is 1.60. The van der Waals surface area contributed by atoms with E-state index in [-0.39, 0.29) is 5.91 Å². The molecule has 0 saturated carbocycles. The number of carbonyl (C=O) groups is 1. The van der Waals surface area contributed by atoms with E-state index in [2.05, 4.69) is 5.32 Å². The summed E-state index contributed by atoms with van der Waals surface area (Å²) < 4.78 is 5.27. The van der Waals surface area contributed by atoms with Crippen LogP contribution in [0.15, 0.2) is 36.4 Å². The van der Waals surface area contributed by atoms with E-state index in [0.29, 0.717) is 23.5 Å². The van der Waals surface area contributed by atoms with Crippen molar-refractivity contribution < 1.29 is 9.53 Å². The minimum atomic E-state index is -0.0966. The highest BCUT2D eigenvalue weighted by atomic mass is 16.5. The summed E-state index contributed by atoms with van der Waals surface area (Å²) in [5.41, 5.74) is 10.1. The average molecular weight is 284 g/mol. The van der Waals surface area contributed by atoms with Crippen LogP contribution in [0.3, 0.4) is 0 Å². The molecule has 0 bridgehead atoms. The van der Waals surface area contributed by atoms with E-state index in [4.69, 9.17) is 10.5 Å². The molecule has 2 aromatic rings. The molecule has 0 saturated heterocycles. The van der Waals surface area contributed by atoms with Crippen LogP contribution in [0.2, 0.25) is 0 Å². The van der Waals surface area contributed by atoms with E-state index in [9.17, 15) is 4.79 Å². The smallest absolute Gasteiger partial charge is 0.251 e. The fraction of sp³-hybridized carbons (Fsp3) is 0.235. The Morgan fingerprint density at radius 1 is 1.24 bits per heavy atom. The predicted octanol–water partition coefficient (Wildman–Crippen LogP) is 2.82. The molecule has 0 aliphatic rings. The Balaban J connectivity index is 2.15. The summed E-state index contributed by atoms with van der Waals surface area (Å²) in [6.45, 7) is 4.32. The lowest BCUT2D eigenvalue weighted by atomic mass is 10.0. The first-order valence-corrected chi connectivity index (χ1v) is 6.79. The molecule has 1 amide bonds. The molecule has 2 rings (SSSR count). The summed E-state index contributed by atoms with van der Waals surface area (Å²) in [5, 5.41) is 2.91. The van der Waals surface area contributed by atoms with Gasteiger partial charge in [0.15, 0.2) is 0 Å².